The molecule has 0 saturated carbocycles. The van der Waals surface area contributed by atoms with Crippen LogP contribution in [0.5, 0.6) is 5.75 Å². The van der Waals surface area contributed by atoms with Gasteiger partial charge >= 0.3 is 5.97 Å². The molecule has 3 nitrogen and oxygen atoms in total. The zero-order valence-electron chi connectivity index (χ0n) is 19.3. The lowest BCUT2D eigenvalue weighted by atomic mass is 9.73. The van der Waals surface area contributed by atoms with E-state index in [2.05, 4.69) is 20.8 Å². The summed E-state index contributed by atoms with van der Waals surface area (Å²) in [4.78, 5) is 11.1. The largest absolute Gasteiger partial charge is 0.491 e. The number of benzene rings is 2. The molecule has 1 atom stereocenters. The van der Waals surface area contributed by atoms with Crippen molar-refractivity contribution in [1.29, 1.82) is 0 Å². The minimum absolute atomic E-state index is 0.109. The Labute approximate surface area is 186 Å². The summed E-state index contributed by atoms with van der Waals surface area (Å²) in [6.07, 6.45) is 8.45. The van der Waals surface area contributed by atoms with E-state index in [0.29, 0.717) is 18.8 Å². The Morgan fingerprint density at radius 1 is 1.03 bits per heavy atom. The zero-order valence-corrected chi connectivity index (χ0v) is 19.3. The molecule has 0 spiro atoms. The van der Waals surface area contributed by atoms with Crippen molar-refractivity contribution in [3.63, 3.8) is 0 Å². The summed E-state index contributed by atoms with van der Waals surface area (Å²) < 4.78 is 20.5. The van der Waals surface area contributed by atoms with Gasteiger partial charge in [-0.25, -0.2) is 4.39 Å². The summed E-state index contributed by atoms with van der Waals surface area (Å²) in [5.41, 5.74) is 2.49. The number of carbonyl (C=O) groups is 1. The molecule has 0 saturated heterocycles. The van der Waals surface area contributed by atoms with Crippen LogP contribution in [0, 0.1) is 5.82 Å². The Balaban J connectivity index is 2.12. The average Bonchev–Trinajstić information content (AvgIpc) is 2.77. The second kappa shape index (κ2) is 12.5. The molecule has 2 aromatic rings. The predicted molar refractivity (Wildman–Crippen MR) is 125 cm³/mol. The molecule has 2 rings (SSSR count). The van der Waals surface area contributed by atoms with E-state index in [0.717, 1.165) is 36.0 Å². The topological polar surface area (TPSA) is 46.5 Å². The fraction of sp³-hybridized carbons (Fsp3) is 0.519. The van der Waals surface area contributed by atoms with Crippen LogP contribution in [-0.2, 0) is 10.2 Å². The highest BCUT2D eigenvalue weighted by atomic mass is 19.1. The number of rotatable bonds is 14. The number of carboxylic acid groups (broad SMARTS) is 1. The molecule has 0 aromatic heterocycles. The average molecular weight is 429 g/mol. The zero-order chi connectivity index (χ0) is 22.7. The lowest BCUT2D eigenvalue weighted by molar-refractivity contribution is -0.137. The van der Waals surface area contributed by atoms with Crippen molar-refractivity contribution >= 4 is 5.97 Å². The first-order valence-electron chi connectivity index (χ1n) is 11.6. The summed E-state index contributed by atoms with van der Waals surface area (Å²) in [6, 6.07) is 13.0. The Morgan fingerprint density at radius 2 is 1.74 bits per heavy atom. The summed E-state index contributed by atoms with van der Waals surface area (Å²) in [7, 11) is 0. The van der Waals surface area contributed by atoms with Gasteiger partial charge in [0.2, 0.25) is 0 Å². The first-order chi connectivity index (χ1) is 14.9. The van der Waals surface area contributed by atoms with Crippen LogP contribution in [0.15, 0.2) is 42.5 Å². The molecule has 0 aliphatic carbocycles. The van der Waals surface area contributed by atoms with Crippen molar-refractivity contribution in [2.24, 2.45) is 0 Å². The van der Waals surface area contributed by atoms with Gasteiger partial charge in [0.15, 0.2) is 11.6 Å². The van der Waals surface area contributed by atoms with Crippen LogP contribution in [0.1, 0.15) is 84.1 Å². The normalized spacial score (nSPS) is 13.0. The number of ether oxygens (including phenoxy) is 1. The van der Waals surface area contributed by atoms with E-state index in [4.69, 9.17) is 9.84 Å². The molecule has 0 bridgehead atoms. The molecule has 0 aliphatic heterocycles. The van der Waals surface area contributed by atoms with Crippen LogP contribution in [0.25, 0.3) is 11.1 Å². The lowest BCUT2D eigenvalue weighted by Crippen LogP contribution is -2.23. The van der Waals surface area contributed by atoms with Crippen molar-refractivity contribution in [1.82, 2.24) is 0 Å². The van der Waals surface area contributed by atoms with E-state index in [9.17, 15) is 9.18 Å². The van der Waals surface area contributed by atoms with Crippen molar-refractivity contribution in [2.45, 2.75) is 84.0 Å². The van der Waals surface area contributed by atoms with Gasteiger partial charge in [0, 0.05) is 6.42 Å². The predicted octanol–water partition coefficient (Wildman–Crippen LogP) is 7.76. The molecule has 170 valence electrons. The number of hydrogen-bond acceptors (Lipinski definition) is 2. The minimum Gasteiger partial charge on any atom is -0.491 e. The first kappa shape index (κ1) is 24.9. The maximum Gasteiger partial charge on any atom is 0.303 e. The van der Waals surface area contributed by atoms with E-state index < -0.39 is 5.97 Å². The molecule has 0 radical (unpaired) electrons. The Morgan fingerprint density at radius 3 is 2.42 bits per heavy atom. The third kappa shape index (κ3) is 7.37. The molecule has 31 heavy (non-hydrogen) atoms. The van der Waals surface area contributed by atoms with Gasteiger partial charge in [0.25, 0.3) is 0 Å². The summed E-state index contributed by atoms with van der Waals surface area (Å²) in [5, 5.41) is 9.15. The Hall–Kier alpha value is -2.36. The molecule has 4 heteroatoms. The second-order valence-electron chi connectivity index (χ2n) is 8.61. The number of hydrogen-bond donors (Lipinski definition) is 1. The molecule has 1 unspecified atom stereocenters. The van der Waals surface area contributed by atoms with Gasteiger partial charge in [-0.1, -0.05) is 83.2 Å². The minimum atomic E-state index is -0.796. The number of carboxylic acids is 1. The van der Waals surface area contributed by atoms with Gasteiger partial charge in [-0.3, -0.25) is 4.79 Å². The molecule has 0 aliphatic rings. The Kier molecular flexibility index (Phi) is 10.0. The molecule has 0 heterocycles. The maximum absolute atomic E-state index is 14.8. The monoisotopic (exact) mass is 428 g/mol. The summed E-state index contributed by atoms with van der Waals surface area (Å²) in [5.74, 6) is -0.865. The van der Waals surface area contributed by atoms with Gasteiger partial charge < -0.3 is 9.84 Å². The van der Waals surface area contributed by atoms with Crippen LogP contribution in [0.2, 0.25) is 0 Å². The maximum atomic E-state index is 14.8. The van der Waals surface area contributed by atoms with Gasteiger partial charge in [-0.2, -0.15) is 0 Å². The highest BCUT2D eigenvalue weighted by Crippen LogP contribution is 2.39. The first-order valence-corrected chi connectivity index (χ1v) is 11.6. The van der Waals surface area contributed by atoms with Crippen molar-refractivity contribution in [3.8, 4) is 16.9 Å². The van der Waals surface area contributed by atoms with Gasteiger partial charge in [-0.15, -0.1) is 0 Å². The van der Waals surface area contributed by atoms with Gasteiger partial charge in [0.05, 0.1) is 6.61 Å². The van der Waals surface area contributed by atoms with E-state index in [1.807, 2.05) is 30.3 Å². The number of halogens is 1. The quantitative estimate of drug-likeness (QED) is 0.313. The SMILES string of the molecule is CCCCCCCCOc1ccc(-c2ccccc2C(C)(CC)CCC(=O)O)cc1F. The third-order valence-electron chi connectivity index (χ3n) is 6.25. The second-order valence-corrected chi connectivity index (χ2v) is 8.61. The van der Waals surface area contributed by atoms with Gasteiger partial charge in [-0.05, 0) is 53.5 Å². The van der Waals surface area contributed by atoms with Crippen molar-refractivity contribution in [3.05, 3.63) is 53.8 Å². The van der Waals surface area contributed by atoms with E-state index in [1.165, 1.54) is 31.7 Å². The van der Waals surface area contributed by atoms with Crippen LogP contribution in [0.3, 0.4) is 0 Å². The lowest BCUT2D eigenvalue weighted by Gasteiger charge is -2.31. The standard InChI is InChI=1S/C27H37FO3/c1-4-6-7-8-9-12-19-31-25-16-15-21(20-24(25)28)22-13-10-11-14-23(22)27(3,5-2)18-17-26(29)30/h10-11,13-16,20H,4-9,12,17-19H2,1-3H3,(H,29,30). The van der Waals surface area contributed by atoms with E-state index >= 15 is 0 Å². The van der Waals surface area contributed by atoms with E-state index in [1.54, 1.807) is 6.07 Å². The summed E-state index contributed by atoms with van der Waals surface area (Å²) >= 11 is 0. The van der Waals surface area contributed by atoms with Crippen molar-refractivity contribution in [2.75, 3.05) is 6.61 Å². The summed E-state index contributed by atoms with van der Waals surface area (Å²) in [6.45, 7) is 6.89. The van der Waals surface area contributed by atoms with Gasteiger partial charge in [0.1, 0.15) is 0 Å². The van der Waals surface area contributed by atoms with Crippen LogP contribution in [-0.4, -0.2) is 17.7 Å². The Bertz CT molecular complexity index is 833. The van der Waals surface area contributed by atoms with E-state index in [-0.39, 0.29) is 17.7 Å². The molecule has 0 amide bonds. The number of unbranched alkanes of at least 4 members (excludes halogenated alkanes) is 5. The molecule has 2 aromatic carbocycles. The van der Waals surface area contributed by atoms with Crippen LogP contribution < -0.4 is 4.74 Å². The fourth-order valence-electron chi connectivity index (χ4n) is 4.00. The molecular weight excluding hydrogens is 391 g/mol. The smallest absolute Gasteiger partial charge is 0.303 e. The fourth-order valence-corrected chi connectivity index (χ4v) is 4.00. The molecular formula is C27H37FO3. The highest BCUT2D eigenvalue weighted by molar-refractivity contribution is 5.70. The van der Waals surface area contributed by atoms with Crippen LogP contribution >= 0.6 is 0 Å². The highest BCUT2D eigenvalue weighted by Gasteiger charge is 2.28. The number of aliphatic carboxylic acids is 1. The third-order valence-corrected chi connectivity index (χ3v) is 6.25. The van der Waals surface area contributed by atoms with Crippen molar-refractivity contribution < 1.29 is 19.0 Å². The molecule has 0 fully saturated rings. The van der Waals surface area contributed by atoms with Crippen LogP contribution in [0.4, 0.5) is 4.39 Å². The molecule has 1 N–H and O–H groups in total.